The second-order valence-electron chi connectivity index (χ2n) is 3.11. The summed E-state index contributed by atoms with van der Waals surface area (Å²) in [6.07, 6.45) is -7.55. The standard InChI is InChI=1S/C6H13O8P/c7-3-2(1-13-15(11)12)14-6(10)5(9)4(3)8/h2-10,15H,1H2,(H,11,12). The summed E-state index contributed by atoms with van der Waals surface area (Å²) >= 11 is 0. The molecule has 1 aliphatic heterocycles. The van der Waals surface area contributed by atoms with E-state index < -0.39 is 45.6 Å². The van der Waals surface area contributed by atoms with Crippen LogP contribution in [0.2, 0.25) is 0 Å². The third-order valence-electron chi connectivity index (χ3n) is 2.06. The monoisotopic (exact) mass is 244 g/mol. The van der Waals surface area contributed by atoms with Gasteiger partial charge in [0, 0.05) is 0 Å². The van der Waals surface area contributed by atoms with E-state index in [1.807, 2.05) is 0 Å². The van der Waals surface area contributed by atoms with Crippen LogP contribution in [0.1, 0.15) is 0 Å². The molecule has 1 aliphatic rings. The van der Waals surface area contributed by atoms with Crippen molar-refractivity contribution in [3.63, 3.8) is 0 Å². The molecule has 0 spiro atoms. The largest absolute Gasteiger partial charge is 0.387 e. The summed E-state index contributed by atoms with van der Waals surface area (Å²) in [4.78, 5) is 8.37. The molecule has 5 N–H and O–H groups in total. The number of hydrogen-bond acceptors (Lipinski definition) is 7. The van der Waals surface area contributed by atoms with E-state index in [1.54, 1.807) is 0 Å². The zero-order chi connectivity index (χ0) is 11.6. The molecule has 0 amide bonds. The van der Waals surface area contributed by atoms with Gasteiger partial charge in [-0.25, -0.2) is 0 Å². The van der Waals surface area contributed by atoms with Gasteiger partial charge in [0.25, 0.3) is 0 Å². The molecule has 0 aliphatic carbocycles. The van der Waals surface area contributed by atoms with Crippen molar-refractivity contribution in [2.45, 2.75) is 30.7 Å². The lowest BCUT2D eigenvalue weighted by Gasteiger charge is -2.37. The normalized spacial score (nSPS) is 43.9. The lowest BCUT2D eigenvalue weighted by molar-refractivity contribution is -0.285. The van der Waals surface area contributed by atoms with Crippen LogP contribution in [0, 0.1) is 0 Å². The molecule has 0 aromatic heterocycles. The summed E-state index contributed by atoms with van der Waals surface area (Å²) in [5, 5.41) is 36.7. The number of hydrogen-bond donors (Lipinski definition) is 5. The van der Waals surface area contributed by atoms with Crippen LogP contribution >= 0.6 is 8.25 Å². The van der Waals surface area contributed by atoms with Crippen LogP contribution in [0.5, 0.6) is 0 Å². The smallest absolute Gasteiger partial charge is 0.316 e. The van der Waals surface area contributed by atoms with Gasteiger partial charge in [0.1, 0.15) is 24.4 Å². The van der Waals surface area contributed by atoms with Gasteiger partial charge in [-0.05, 0) is 0 Å². The minimum absolute atomic E-state index is 0.462. The Morgan fingerprint density at radius 1 is 1.13 bits per heavy atom. The predicted octanol–water partition coefficient (Wildman–Crippen LogP) is -2.82. The molecule has 1 heterocycles. The number of rotatable bonds is 3. The van der Waals surface area contributed by atoms with Gasteiger partial charge in [-0.1, -0.05) is 0 Å². The summed E-state index contributed by atoms with van der Waals surface area (Å²) in [6, 6.07) is 0. The van der Waals surface area contributed by atoms with Gasteiger partial charge in [0.15, 0.2) is 6.29 Å². The van der Waals surface area contributed by atoms with Crippen molar-refractivity contribution in [2.24, 2.45) is 0 Å². The van der Waals surface area contributed by atoms with Crippen LogP contribution in [0.25, 0.3) is 0 Å². The summed E-state index contributed by atoms with van der Waals surface area (Å²) in [6.45, 7) is -0.462. The van der Waals surface area contributed by atoms with Crippen molar-refractivity contribution in [3.8, 4) is 0 Å². The molecule has 6 atom stereocenters. The van der Waals surface area contributed by atoms with E-state index in [1.165, 1.54) is 0 Å². The van der Waals surface area contributed by atoms with Crippen molar-refractivity contribution in [1.29, 1.82) is 0 Å². The summed E-state index contributed by atoms with van der Waals surface area (Å²) in [5.41, 5.74) is 0. The van der Waals surface area contributed by atoms with Gasteiger partial charge in [0.2, 0.25) is 0 Å². The SMILES string of the molecule is O=[PH](O)OCC1OC(O)C(O)C(O)C1O. The van der Waals surface area contributed by atoms with Crippen molar-refractivity contribution in [1.82, 2.24) is 0 Å². The Morgan fingerprint density at radius 2 is 1.73 bits per heavy atom. The highest BCUT2D eigenvalue weighted by Gasteiger charge is 2.43. The van der Waals surface area contributed by atoms with E-state index in [9.17, 15) is 14.8 Å². The summed E-state index contributed by atoms with van der Waals surface area (Å²) in [5.74, 6) is 0. The van der Waals surface area contributed by atoms with Gasteiger partial charge in [-0.3, -0.25) is 4.57 Å². The second-order valence-corrected chi connectivity index (χ2v) is 3.93. The minimum atomic E-state index is -3.17. The van der Waals surface area contributed by atoms with Crippen LogP contribution in [-0.2, 0) is 13.8 Å². The maximum Gasteiger partial charge on any atom is 0.316 e. The average molecular weight is 244 g/mol. The minimum Gasteiger partial charge on any atom is -0.387 e. The zero-order valence-electron chi connectivity index (χ0n) is 7.55. The fourth-order valence-electron chi connectivity index (χ4n) is 1.22. The number of aliphatic hydroxyl groups excluding tert-OH is 4. The fourth-order valence-corrected chi connectivity index (χ4v) is 1.53. The molecule has 0 radical (unpaired) electrons. The molecule has 0 aromatic rings. The third kappa shape index (κ3) is 3.20. The molecule has 1 rings (SSSR count). The van der Waals surface area contributed by atoms with Gasteiger partial charge in [-0.15, -0.1) is 0 Å². The maximum absolute atomic E-state index is 10.2. The molecular formula is C6H13O8P. The fraction of sp³-hybridized carbons (Fsp3) is 1.00. The van der Waals surface area contributed by atoms with Crippen molar-refractivity contribution >= 4 is 8.25 Å². The van der Waals surface area contributed by atoms with Crippen molar-refractivity contribution in [2.75, 3.05) is 6.61 Å². The second kappa shape index (κ2) is 5.33. The molecule has 8 nitrogen and oxygen atoms in total. The Kier molecular flexibility index (Phi) is 4.63. The Balaban J connectivity index is 2.54. The van der Waals surface area contributed by atoms with Crippen LogP contribution in [0.4, 0.5) is 0 Å². The first-order chi connectivity index (χ1) is 6.93. The van der Waals surface area contributed by atoms with Crippen LogP contribution in [0.15, 0.2) is 0 Å². The highest BCUT2D eigenvalue weighted by Crippen LogP contribution is 2.23. The Bertz CT molecular complexity index is 235. The van der Waals surface area contributed by atoms with Crippen LogP contribution in [-0.4, -0.2) is 62.6 Å². The third-order valence-corrected chi connectivity index (χ3v) is 2.47. The van der Waals surface area contributed by atoms with Crippen LogP contribution in [0.3, 0.4) is 0 Å². The number of aliphatic hydroxyl groups is 4. The maximum atomic E-state index is 10.2. The van der Waals surface area contributed by atoms with Gasteiger partial charge >= 0.3 is 8.25 Å². The van der Waals surface area contributed by atoms with E-state index in [0.29, 0.717) is 0 Å². The number of ether oxygens (including phenoxy) is 1. The molecule has 0 aromatic carbocycles. The molecule has 90 valence electrons. The van der Waals surface area contributed by atoms with Crippen molar-refractivity contribution in [3.05, 3.63) is 0 Å². The zero-order valence-corrected chi connectivity index (χ0v) is 8.55. The van der Waals surface area contributed by atoms with E-state index in [2.05, 4.69) is 9.26 Å². The first-order valence-electron chi connectivity index (χ1n) is 4.17. The Labute approximate surface area is 85.6 Å². The highest BCUT2D eigenvalue weighted by atomic mass is 31.1. The van der Waals surface area contributed by atoms with Crippen LogP contribution < -0.4 is 0 Å². The first kappa shape index (κ1) is 13.0. The Morgan fingerprint density at radius 3 is 2.27 bits per heavy atom. The summed E-state index contributed by atoms with van der Waals surface area (Å²) < 4.78 is 19.2. The first-order valence-corrected chi connectivity index (χ1v) is 5.43. The highest BCUT2D eigenvalue weighted by molar-refractivity contribution is 7.32. The molecular weight excluding hydrogens is 231 g/mol. The molecule has 9 heteroatoms. The molecule has 0 saturated carbocycles. The van der Waals surface area contributed by atoms with Gasteiger partial charge in [0.05, 0.1) is 6.61 Å². The molecule has 0 bridgehead atoms. The summed E-state index contributed by atoms with van der Waals surface area (Å²) in [7, 11) is -3.17. The molecule has 1 saturated heterocycles. The van der Waals surface area contributed by atoms with E-state index in [4.69, 9.17) is 15.1 Å². The Hall–Kier alpha value is -0.0500. The van der Waals surface area contributed by atoms with E-state index in [0.717, 1.165) is 0 Å². The molecule has 15 heavy (non-hydrogen) atoms. The van der Waals surface area contributed by atoms with Gasteiger partial charge < -0.3 is 34.6 Å². The molecule has 1 fully saturated rings. The lowest BCUT2D eigenvalue weighted by Crippen LogP contribution is -2.58. The van der Waals surface area contributed by atoms with Gasteiger partial charge in [-0.2, -0.15) is 0 Å². The lowest BCUT2D eigenvalue weighted by atomic mass is 10.00. The van der Waals surface area contributed by atoms with E-state index >= 15 is 0 Å². The van der Waals surface area contributed by atoms with Crippen molar-refractivity contribution < 1.29 is 39.1 Å². The average Bonchev–Trinajstić information content (AvgIpc) is 2.18. The van der Waals surface area contributed by atoms with E-state index in [-0.39, 0.29) is 0 Å². The topological polar surface area (TPSA) is 137 Å². The molecule has 6 unspecified atom stereocenters. The predicted molar refractivity (Wildman–Crippen MR) is 46.1 cm³/mol. The quantitative estimate of drug-likeness (QED) is 0.335.